The van der Waals surface area contributed by atoms with Crippen molar-refractivity contribution in [2.24, 2.45) is 0 Å². The van der Waals surface area contributed by atoms with Gasteiger partial charge in [-0.15, -0.1) is 11.3 Å². The molecule has 0 bridgehead atoms. The lowest BCUT2D eigenvalue weighted by molar-refractivity contribution is -0.140. The highest BCUT2D eigenvalue weighted by molar-refractivity contribution is 7.17. The SMILES string of the molecule is COC(=O)CC(C)Nc1ccc2sccc2c1. The molecule has 1 aromatic heterocycles. The molecule has 0 saturated carbocycles. The van der Waals surface area contributed by atoms with Gasteiger partial charge in [0.1, 0.15) is 0 Å². The topological polar surface area (TPSA) is 38.3 Å². The van der Waals surface area contributed by atoms with E-state index in [0.717, 1.165) is 5.69 Å². The third kappa shape index (κ3) is 2.97. The molecule has 17 heavy (non-hydrogen) atoms. The van der Waals surface area contributed by atoms with Gasteiger partial charge in [-0.25, -0.2) is 0 Å². The quantitative estimate of drug-likeness (QED) is 0.845. The second kappa shape index (κ2) is 5.19. The Morgan fingerprint density at radius 2 is 2.29 bits per heavy atom. The van der Waals surface area contributed by atoms with Gasteiger partial charge in [0.2, 0.25) is 0 Å². The summed E-state index contributed by atoms with van der Waals surface area (Å²) in [5.41, 5.74) is 1.03. The summed E-state index contributed by atoms with van der Waals surface area (Å²) in [5, 5.41) is 6.60. The molecule has 0 amide bonds. The molecule has 0 spiro atoms. The number of hydrogen-bond donors (Lipinski definition) is 1. The van der Waals surface area contributed by atoms with Crippen molar-refractivity contribution in [3.8, 4) is 0 Å². The minimum atomic E-state index is -0.193. The van der Waals surface area contributed by atoms with Crippen molar-refractivity contribution in [3.63, 3.8) is 0 Å². The second-order valence-corrected chi connectivity index (χ2v) is 4.95. The van der Waals surface area contributed by atoms with E-state index in [1.807, 2.05) is 13.0 Å². The minimum absolute atomic E-state index is 0.0681. The first-order valence-corrected chi connectivity index (χ1v) is 6.37. The predicted octanol–water partition coefficient (Wildman–Crippen LogP) is 3.26. The Bertz CT molecular complexity index is 521. The number of benzene rings is 1. The molecule has 0 aliphatic carbocycles. The second-order valence-electron chi connectivity index (χ2n) is 4.00. The zero-order valence-corrected chi connectivity index (χ0v) is 10.7. The molecule has 1 atom stereocenters. The number of carbonyl (C=O) groups excluding carboxylic acids is 1. The van der Waals surface area contributed by atoms with Gasteiger partial charge in [0.05, 0.1) is 13.5 Å². The third-order valence-corrected chi connectivity index (χ3v) is 3.46. The van der Waals surface area contributed by atoms with Gasteiger partial charge in [-0.2, -0.15) is 0 Å². The lowest BCUT2D eigenvalue weighted by Crippen LogP contribution is -2.20. The molecule has 1 unspecified atom stereocenters. The fourth-order valence-corrected chi connectivity index (χ4v) is 2.50. The molecule has 2 aromatic rings. The minimum Gasteiger partial charge on any atom is -0.469 e. The molecule has 0 aliphatic rings. The first kappa shape index (κ1) is 11.9. The van der Waals surface area contributed by atoms with E-state index < -0.39 is 0 Å². The Morgan fingerprint density at radius 1 is 1.47 bits per heavy atom. The molecular formula is C13H15NO2S. The maximum atomic E-state index is 11.1. The van der Waals surface area contributed by atoms with E-state index in [0.29, 0.717) is 6.42 Å². The molecule has 0 fully saturated rings. The van der Waals surface area contributed by atoms with Crippen LogP contribution in [0.3, 0.4) is 0 Å². The van der Waals surface area contributed by atoms with Gasteiger partial charge in [0, 0.05) is 16.4 Å². The van der Waals surface area contributed by atoms with Crippen molar-refractivity contribution < 1.29 is 9.53 Å². The van der Waals surface area contributed by atoms with Gasteiger partial charge >= 0.3 is 5.97 Å². The highest BCUT2D eigenvalue weighted by atomic mass is 32.1. The highest BCUT2D eigenvalue weighted by Crippen LogP contribution is 2.24. The predicted molar refractivity (Wildman–Crippen MR) is 71.5 cm³/mol. The number of rotatable bonds is 4. The van der Waals surface area contributed by atoms with Crippen LogP contribution in [0.5, 0.6) is 0 Å². The third-order valence-electron chi connectivity index (χ3n) is 2.57. The number of anilines is 1. The van der Waals surface area contributed by atoms with Crippen LogP contribution in [-0.4, -0.2) is 19.1 Å². The Balaban J connectivity index is 2.04. The van der Waals surface area contributed by atoms with Gasteiger partial charge in [0.25, 0.3) is 0 Å². The van der Waals surface area contributed by atoms with E-state index in [9.17, 15) is 4.79 Å². The molecule has 90 valence electrons. The van der Waals surface area contributed by atoms with Crippen molar-refractivity contribution in [2.45, 2.75) is 19.4 Å². The molecule has 4 heteroatoms. The summed E-state index contributed by atoms with van der Waals surface area (Å²) in [6, 6.07) is 8.38. The van der Waals surface area contributed by atoms with Crippen LogP contribution in [0.25, 0.3) is 10.1 Å². The maximum absolute atomic E-state index is 11.1. The summed E-state index contributed by atoms with van der Waals surface area (Å²) in [6.07, 6.45) is 0.373. The van der Waals surface area contributed by atoms with Crippen molar-refractivity contribution >= 4 is 33.1 Å². The lowest BCUT2D eigenvalue weighted by Gasteiger charge is -2.13. The first-order valence-electron chi connectivity index (χ1n) is 5.49. The summed E-state index contributed by atoms with van der Waals surface area (Å²) >= 11 is 1.73. The summed E-state index contributed by atoms with van der Waals surface area (Å²) in [7, 11) is 1.41. The van der Waals surface area contributed by atoms with E-state index in [1.54, 1.807) is 11.3 Å². The largest absolute Gasteiger partial charge is 0.469 e. The molecule has 1 heterocycles. The molecule has 1 N–H and O–H groups in total. The zero-order valence-electron chi connectivity index (χ0n) is 9.90. The Labute approximate surface area is 104 Å². The molecule has 0 radical (unpaired) electrons. The molecule has 0 aliphatic heterocycles. The maximum Gasteiger partial charge on any atom is 0.307 e. The van der Waals surface area contributed by atoms with Crippen molar-refractivity contribution in [2.75, 3.05) is 12.4 Å². The summed E-state index contributed by atoms with van der Waals surface area (Å²) in [4.78, 5) is 11.1. The Hall–Kier alpha value is -1.55. The highest BCUT2D eigenvalue weighted by Gasteiger charge is 2.09. The van der Waals surface area contributed by atoms with Crippen LogP contribution < -0.4 is 5.32 Å². The number of carbonyl (C=O) groups is 1. The molecule has 2 rings (SSSR count). The Morgan fingerprint density at radius 3 is 3.06 bits per heavy atom. The van der Waals surface area contributed by atoms with E-state index in [4.69, 9.17) is 0 Å². The van der Waals surface area contributed by atoms with Crippen LogP contribution >= 0.6 is 11.3 Å². The average molecular weight is 249 g/mol. The van der Waals surface area contributed by atoms with E-state index in [-0.39, 0.29) is 12.0 Å². The standard InChI is InChI=1S/C13H15NO2S/c1-9(7-13(15)16-2)14-11-3-4-12-10(8-11)5-6-17-12/h3-6,8-9,14H,7H2,1-2H3. The number of hydrogen-bond acceptors (Lipinski definition) is 4. The fraction of sp³-hybridized carbons (Fsp3) is 0.308. The van der Waals surface area contributed by atoms with Crippen molar-refractivity contribution in [3.05, 3.63) is 29.6 Å². The van der Waals surface area contributed by atoms with Crippen LogP contribution in [0.2, 0.25) is 0 Å². The van der Waals surface area contributed by atoms with E-state index in [1.165, 1.54) is 17.2 Å². The molecule has 1 aromatic carbocycles. The van der Waals surface area contributed by atoms with Crippen LogP contribution in [-0.2, 0) is 9.53 Å². The number of nitrogens with one attached hydrogen (secondary N) is 1. The molecular weight excluding hydrogens is 234 g/mol. The van der Waals surface area contributed by atoms with E-state index >= 15 is 0 Å². The fourth-order valence-electron chi connectivity index (χ4n) is 1.73. The van der Waals surface area contributed by atoms with Crippen LogP contribution in [0, 0.1) is 0 Å². The molecule has 3 nitrogen and oxygen atoms in total. The number of thiophene rings is 1. The number of methoxy groups -OCH3 is 1. The van der Waals surface area contributed by atoms with Crippen LogP contribution in [0.15, 0.2) is 29.6 Å². The monoisotopic (exact) mass is 249 g/mol. The lowest BCUT2D eigenvalue weighted by atomic mass is 10.2. The van der Waals surface area contributed by atoms with Gasteiger partial charge in [-0.1, -0.05) is 0 Å². The zero-order chi connectivity index (χ0) is 12.3. The summed E-state index contributed by atoms with van der Waals surface area (Å²) in [5.74, 6) is -0.193. The average Bonchev–Trinajstić information content (AvgIpc) is 2.75. The number of esters is 1. The summed E-state index contributed by atoms with van der Waals surface area (Å²) < 4.78 is 5.91. The van der Waals surface area contributed by atoms with Crippen molar-refractivity contribution in [1.29, 1.82) is 0 Å². The first-order chi connectivity index (χ1) is 8.19. The van der Waals surface area contributed by atoms with Crippen LogP contribution in [0.4, 0.5) is 5.69 Å². The van der Waals surface area contributed by atoms with Crippen molar-refractivity contribution in [1.82, 2.24) is 0 Å². The van der Waals surface area contributed by atoms with Gasteiger partial charge < -0.3 is 10.1 Å². The smallest absolute Gasteiger partial charge is 0.307 e. The summed E-state index contributed by atoms with van der Waals surface area (Å²) in [6.45, 7) is 1.97. The Kier molecular flexibility index (Phi) is 3.64. The normalized spacial score (nSPS) is 12.4. The number of ether oxygens (including phenoxy) is 1. The number of fused-ring (bicyclic) bond motifs is 1. The van der Waals surface area contributed by atoms with Gasteiger partial charge in [0.15, 0.2) is 0 Å². The van der Waals surface area contributed by atoms with E-state index in [2.05, 4.69) is 33.6 Å². The van der Waals surface area contributed by atoms with Gasteiger partial charge in [-0.05, 0) is 42.0 Å². The van der Waals surface area contributed by atoms with Gasteiger partial charge in [-0.3, -0.25) is 4.79 Å². The molecule has 0 saturated heterocycles. The van der Waals surface area contributed by atoms with Crippen LogP contribution in [0.1, 0.15) is 13.3 Å².